The highest BCUT2D eigenvalue weighted by atomic mass is 32.2. The van der Waals surface area contributed by atoms with Gasteiger partial charge in [0.2, 0.25) is 0 Å². The van der Waals surface area contributed by atoms with Crippen LogP contribution in [0.2, 0.25) is 0 Å². The molecule has 0 saturated carbocycles. The molecule has 0 bridgehead atoms. The number of aliphatic hydroxyl groups is 1. The number of aromatic hydroxyl groups is 2. The predicted molar refractivity (Wildman–Crippen MR) is 82.1 cm³/mol. The molecule has 1 aliphatic rings. The molecule has 0 spiro atoms. The van der Waals surface area contributed by atoms with Crippen molar-refractivity contribution in [2.75, 3.05) is 0 Å². The first-order chi connectivity index (χ1) is 12.3. The van der Waals surface area contributed by atoms with Crippen molar-refractivity contribution in [2.45, 2.75) is 28.9 Å². The Kier molecular flexibility index (Phi) is 4.16. The smallest absolute Gasteiger partial charge is 0.501 e. The average molecular weight is 410 g/mol. The van der Waals surface area contributed by atoms with Crippen LogP contribution in [-0.2, 0) is 16.3 Å². The van der Waals surface area contributed by atoms with Crippen LogP contribution in [0.4, 0.5) is 22.0 Å². The van der Waals surface area contributed by atoms with Crippen molar-refractivity contribution < 1.29 is 45.7 Å². The minimum Gasteiger partial charge on any atom is -0.508 e. The lowest BCUT2D eigenvalue weighted by Gasteiger charge is -2.18. The van der Waals surface area contributed by atoms with Crippen LogP contribution in [0.1, 0.15) is 17.2 Å². The maximum absolute atomic E-state index is 14.0. The summed E-state index contributed by atoms with van der Waals surface area (Å²) in [5.74, 6) is -4.76. The van der Waals surface area contributed by atoms with E-state index in [1.165, 1.54) is 0 Å². The third kappa shape index (κ3) is 2.90. The largest absolute Gasteiger partial charge is 0.508 e. The highest BCUT2D eigenvalue weighted by Crippen LogP contribution is 2.51. The van der Waals surface area contributed by atoms with Crippen molar-refractivity contribution >= 4 is 9.84 Å². The first-order valence-electron chi connectivity index (χ1n) is 7.33. The zero-order valence-corrected chi connectivity index (χ0v) is 13.9. The number of hydrogen-bond donors (Lipinski definition) is 3. The number of phenolic OH excluding ortho intramolecular Hbond substituents is 2. The molecule has 1 aliphatic carbocycles. The minimum atomic E-state index is -6.01. The molecule has 0 unspecified atom stereocenters. The molecule has 5 nitrogen and oxygen atoms in total. The first-order valence-corrected chi connectivity index (χ1v) is 8.81. The minimum absolute atomic E-state index is 0.202. The van der Waals surface area contributed by atoms with Crippen molar-refractivity contribution in [1.29, 1.82) is 0 Å². The monoisotopic (exact) mass is 410 g/mol. The summed E-state index contributed by atoms with van der Waals surface area (Å²) in [4.78, 5) is -1.47. The predicted octanol–water partition coefficient (Wildman–Crippen LogP) is 3.28. The second-order valence-electron chi connectivity index (χ2n) is 5.99. The third-order valence-electron chi connectivity index (χ3n) is 4.27. The van der Waals surface area contributed by atoms with Gasteiger partial charge in [0.25, 0.3) is 15.8 Å². The second-order valence-corrected chi connectivity index (χ2v) is 7.90. The van der Waals surface area contributed by atoms with Crippen LogP contribution in [0.15, 0.2) is 35.2 Å². The van der Waals surface area contributed by atoms with Gasteiger partial charge in [-0.1, -0.05) is 6.07 Å². The Morgan fingerprint density at radius 1 is 1.04 bits per heavy atom. The van der Waals surface area contributed by atoms with Gasteiger partial charge in [-0.15, -0.1) is 0 Å². The molecular formula is C16H11F5O5S. The normalized spacial score (nSPS) is 19.1. The summed E-state index contributed by atoms with van der Waals surface area (Å²) in [6.07, 6.45) is -4.02. The summed E-state index contributed by atoms with van der Waals surface area (Å²) in [5.41, 5.74) is -7.81. The lowest BCUT2D eigenvalue weighted by molar-refractivity contribution is -0.0977. The quantitative estimate of drug-likeness (QED) is 0.522. The molecule has 11 heteroatoms. The molecule has 0 heterocycles. The van der Waals surface area contributed by atoms with E-state index < -0.39 is 55.6 Å². The highest BCUT2D eigenvalue weighted by molar-refractivity contribution is 7.92. The van der Waals surface area contributed by atoms with E-state index in [1.807, 2.05) is 0 Å². The highest BCUT2D eigenvalue weighted by Gasteiger charge is 2.54. The molecule has 2 aromatic carbocycles. The molecule has 146 valence electrons. The van der Waals surface area contributed by atoms with Crippen LogP contribution < -0.4 is 0 Å². The maximum atomic E-state index is 14.0. The lowest BCUT2D eigenvalue weighted by atomic mass is 9.95. The van der Waals surface area contributed by atoms with E-state index in [2.05, 4.69) is 0 Å². The average Bonchev–Trinajstić information content (AvgIpc) is 2.78. The molecule has 0 saturated heterocycles. The molecular weight excluding hydrogens is 399 g/mol. The molecule has 0 amide bonds. The molecule has 2 aromatic rings. The Morgan fingerprint density at radius 2 is 1.67 bits per heavy atom. The van der Waals surface area contributed by atoms with Crippen molar-refractivity contribution in [3.05, 3.63) is 41.5 Å². The van der Waals surface area contributed by atoms with Gasteiger partial charge in [-0.25, -0.2) is 17.2 Å². The fraction of sp³-hybridized carbons (Fsp3) is 0.250. The topological polar surface area (TPSA) is 94.8 Å². The van der Waals surface area contributed by atoms with Gasteiger partial charge in [0.05, 0.1) is 4.90 Å². The Bertz CT molecular complexity index is 1030. The van der Waals surface area contributed by atoms with Crippen molar-refractivity contribution in [2.24, 2.45) is 0 Å². The lowest BCUT2D eigenvalue weighted by Crippen LogP contribution is -2.26. The number of rotatable bonds is 2. The number of fused-ring (bicyclic) bond motifs is 1. The Balaban J connectivity index is 2.36. The molecule has 3 rings (SSSR count). The van der Waals surface area contributed by atoms with Crippen LogP contribution in [-0.4, -0.2) is 35.2 Å². The third-order valence-corrected chi connectivity index (χ3v) is 5.81. The van der Waals surface area contributed by atoms with Gasteiger partial charge in [-0.3, -0.25) is 0 Å². The molecule has 1 atom stereocenters. The first kappa shape index (κ1) is 19.4. The van der Waals surface area contributed by atoms with Crippen LogP contribution in [0.5, 0.6) is 11.5 Å². The van der Waals surface area contributed by atoms with Crippen molar-refractivity contribution in [3.8, 4) is 22.6 Å². The molecule has 0 aliphatic heterocycles. The Morgan fingerprint density at radius 3 is 2.26 bits per heavy atom. The Labute approximate surface area is 149 Å². The summed E-state index contributed by atoms with van der Waals surface area (Å²) >= 11 is 0. The molecule has 3 N–H and O–H groups in total. The summed E-state index contributed by atoms with van der Waals surface area (Å²) in [6, 6.07) is 4.36. The van der Waals surface area contributed by atoms with E-state index in [0.29, 0.717) is 6.07 Å². The van der Waals surface area contributed by atoms with Gasteiger partial charge in [-0.05, 0) is 35.4 Å². The number of benzene rings is 2. The number of halogens is 5. The van der Waals surface area contributed by atoms with Gasteiger partial charge in [0, 0.05) is 17.5 Å². The van der Waals surface area contributed by atoms with Gasteiger partial charge in [-0.2, -0.15) is 13.2 Å². The molecule has 0 radical (unpaired) electrons. The molecule has 0 aromatic heterocycles. The van der Waals surface area contributed by atoms with Crippen LogP contribution in [0.3, 0.4) is 0 Å². The van der Waals surface area contributed by atoms with E-state index in [-0.39, 0.29) is 16.9 Å². The van der Waals surface area contributed by atoms with E-state index >= 15 is 0 Å². The van der Waals surface area contributed by atoms with Gasteiger partial charge >= 0.3 is 5.51 Å². The Hall–Kier alpha value is -2.40. The van der Waals surface area contributed by atoms with E-state index in [0.717, 1.165) is 24.3 Å². The van der Waals surface area contributed by atoms with Crippen molar-refractivity contribution in [3.63, 3.8) is 0 Å². The van der Waals surface area contributed by atoms with Gasteiger partial charge in [0.1, 0.15) is 17.6 Å². The van der Waals surface area contributed by atoms with E-state index in [9.17, 15) is 45.7 Å². The molecule has 27 heavy (non-hydrogen) atoms. The summed E-state index contributed by atoms with van der Waals surface area (Å²) < 4.78 is 90.4. The zero-order valence-electron chi connectivity index (χ0n) is 13.1. The van der Waals surface area contributed by atoms with Gasteiger partial charge in [0.15, 0.2) is 0 Å². The van der Waals surface area contributed by atoms with Crippen molar-refractivity contribution in [1.82, 2.24) is 0 Å². The van der Waals surface area contributed by atoms with Gasteiger partial charge < -0.3 is 15.3 Å². The SMILES string of the molecule is O=S(=O)(c1ccc(-c2cc(O)ccc2O)c2c1[C@H](O)C(F)(F)C2)C(F)(F)F. The van der Waals surface area contributed by atoms with Crippen LogP contribution in [0.25, 0.3) is 11.1 Å². The standard InChI is InChI=1S/C16H11F5O5S/c17-15(18)6-10-8(9-5-7(22)1-3-11(9)23)2-4-12(13(10)14(15)24)27(25,26)16(19,20)21/h1-5,14,22-24H,6H2/t14-/m0/s1. The fourth-order valence-electron chi connectivity index (χ4n) is 3.03. The number of phenols is 2. The van der Waals surface area contributed by atoms with E-state index in [1.54, 1.807) is 0 Å². The maximum Gasteiger partial charge on any atom is 0.501 e. The second kappa shape index (κ2) is 5.80. The number of hydrogen-bond acceptors (Lipinski definition) is 5. The summed E-state index contributed by atoms with van der Waals surface area (Å²) in [5, 5.41) is 29.3. The number of alkyl halides is 5. The van der Waals surface area contributed by atoms with E-state index in [4.69, 9.17) is 0 Å². The number of sulfone groups is 1. The van der Waals surface area contributed by atoms with Crippen LogP contribution in [0, 0.1) is 0 Å². The fourth-order valence-corrected chi connectivity index (χ4v) is 4.05. The summed E-state index contributed by atoms with van der Waals surface area (Å²) in [6.45, 7) is 0. The van der Waals surface area contributed by atoms with Crippen LogP contribution >= 0.6 is 0 Å². The molecule has 0 fully saturated rings. The summed E-state index contributed by atoms with van der Waals surface area (Å²) in [7, 11) is -6.01. The number of aliphatic hydroxyl groups excluding tert-OH is 1. The zero-order chi connectivity index (χ0) is 20.4.